The first-order valence-corrected chi connectivity index (χ1v) is 9.27. The lowest BCUT2D eigenvalue weighted by molar-refractivity contribution is -0.144. The highest BCUT2D eigenvalue weighted by molar-refractivity contribution is 7.89. The van der Waals surface area contributed by atoms with Crippen LogP contribution < -0.4 is 0 Å². The van der Waals surface area contributed by atoms with Crippen molar-refractivity contribution < 1.29 is 18.3 Å². The van der Waals surface area contributed by atoms with Crippen molar-refractivity contribution in [3.05, 3.63) is 34.9 Å². The second-order valence-electron chi connectivity index (χ2n) is 5.63. The number of piperidine rings is 1. The number of aliphatic carboxylic acids is 1. The fourth-order valence-electron chi connectivity index (χ4n) is 2.89. The molecule has 2 atom stereocenters. The zero-order chi connectivity index (χ0) is 16.3. The van der Waals surface area contributed by atoms with Gasteiger partial charge in [0.1, 0.15) is 0 Å². The van der Waals surface area contributed by atoms with E-state index in [9.17, 15) is 18.3 Å². The van der Waals surface area contributed by atoms with Crippen LogP contribution in [0, 0.1) is 5.92 Å². The third kappa shape index (κ3) is 4.00. The van der Waals surface area contributed by atoms with Gasteiger partial charge in [-0.2, -0.15) is 4.31 Å². The van der Waals surface area contributed by atoms with Crippen LogP contribution in [0.25, 0.3) is 0 Å². The molecule has 2 rings (SSSR count). The van der Waals surface area contributed by atoms with Crippen LogP contribution in [0.1, 0.15) is 25.3 Å². The first kappa shape index (κ1) is 17.2. The average Bonchev–Trinajstić information content (AvgIpc) is 2.45. The minimum Gasteiger partial charge on any atom is -0.481 e. The number of carbonyl (C=O) groups is 1. The molecule has 0 radical (unpaired) electrons. The molecule has 1 fully saturated rings. The lowest BCUT2D eigenvalue weighted by Crippen LogP contribution is -2.49. The predicted octanol–water partition coefficient (Wildman–Crippen LogP) is 2.40. The number of hydrogen-bond donors (Lipinski definition) is 1. The molecule has 1 aromatic rings. The summed E-state index contributed by atoms with van der Waals surface area (Å²) >= 11 is 5.90. The first-order valence-electron chi connectivity index (χ1n) is 7.28. The number of nitrogens with zero attached hydrogens (tertiary/aromatic N) is 1. The van der Waals surface area contributed by atoms with Crippen LogP contribution in [0.3, 0.4) is 0 Å². The zero-order valence-corrected chi connectivity index (χ0v) is 14.0. The smallest absolute Gasteiger partial charge is 0.308 e. The molecule has 122 valence electrons. The Morgan fingerprint density at radius 1 is 1.45 bits per heavy atom. The second kappa shape index (κ2) is 6.98. The molecule has 0 amide bonds. The Kier molecular flexibility index (Phi) is 5.47. The number of carboxylic acids is 1. The summed E-state index contributed by atoms with van der Waals surface area (Å²) in [6.07, 6.45) is 1.47. The van der Waals surface area contributed by atoms with Gasteiger partial charge in [-0.25, -0.2) is 8.42 Å². The molecule has 0 spiro atoms. The summed E-state index contributed by atoms with van der Waals surface area (Å²) in [5, 5.41) is 9.77. The minimum absolute atomic E-state index is 0.0377. The normalized spacial score (nSPS) is 23.4. The van der Waals surface area contributed by atoms with E-state index in [-0.39, 0.29) is 5.75 Å². The van der Waals surface area contributed by atoms with Crippen molar-refractivity contribution in [3.63, 3.8) is 0 Å². The summed E-state index contributed by atoms with van der Waals surface area (Å²) in [7, 11) is -3.48. The molecule has 1 saturated heterocycles. The van der Waals surface area contributed by atoms with Gasteiger partial charge in [0.05, 0.1) is 11.7 Å². The first-order chi connectivity index (χ1) is 10.3. The maximum absolute atomic E-state index is 12.5. The van der Waals surface area contributed by atoms with E-state index in [4.69, 9.17) is 11.6 Å². The number of halogens is 1. The SMILES string of the molecule is C[C@@H]1[C@H](C(=O)O)CCCN1S(=O)(=O)CCc1cccc(Cl)c1. The van der Waals surface area contributed by atoms with E-state index >= 15 is 0 Å². The van der Waals surface area contributed by atoms with Crippen LogP contribution in [0.2, 0.25) is 5.02 Å². The Morgan fingerprint density at radius 2 is 2.18 bits per heavy atom. The van der Waals surface area contributed by atoms with Gasteiger partial charge in [0.25, 0.3) is 0 Å². The summed E-state index contributed by atoms with van der Waals surface area (Å²) in [6, 6.07) is 6.60. The standard InChI is InChI=1S/C15H20ClNO4S/c1-11-14(15(18)19)6-3-8-17(11)22(20,21)9-7-12-4-2-5-13(16)10-12/h2,4-5,10-11,14H,3,6-9H2,1H3,(H,18,19)/t11-,14-/m1/s1. The van der Waals surface area contributed by atoms with E-state index in [0.717, 1.165) is 5.56 Å². The highest BCUT2D eigenvalue weighted by Crippen LogP contribution is 2.26. The summed E-state index contributed by atoms with van der Waals surface area (Å²) < 4.78 is 26.4. The molecule has 0 unspecified atom stereocenters. The lowest BCUT2D eigenvalue weighted by atomic mass is 9.92. The van der Waals surface area contributed by atoms with Crippen molar-refractivity contribution in [2.75, 3.05) is 12.3 Å². The van der Waals surface area contributed by atoms with Gasteiger partial charge in [-0.15, -0.1) is 0 Å². The van der Waals surface area contributed by atoms with E-state index in [1.807, 2.05) is 6.07 Å². The van der Waals surface area contributed by atoms with Crippen molar-refractivity contribution in [3.8, 4) is 0 Å². The fourth-order valence-corrected chi connectivity index (χ4v) is 4.89. The molecule has 5 nitrogen and oxygen atoms in total. The van der Waals surface area contributed by atoms with Crippen molar-refractivity contribution in [2.24, 2.45) is 5.92 Å². The minimum atomic E-state index is -3.48. The second-order valence-corrected chi connectivity index (χ2v) is 8.11. The molecule has 1 aliphatic rings. The molecule has 22 heavy (non-hydrogen) atoms. The van der Waals surface area contributed by atoms with Crippen LogP contribution in [0.4, 0.5) is 0 Å². The summed E-state index contributed by atoms with van der Waals surface area (Å²) in [5.41, 5.74) is 0.857. The molecule has 1 N–H and O–H groups in total. The zero-order valence-electron chi connectivity index (χ0n) is 12.4. The summed E-state index contributed by atoms with van der Waals surface area (Å²) in [5.74, 6) is -1.60. The van der Waals surface area contributed by atoms with Gasteiger partial charge in [0.2, 0.25) is 10.0 Å². The lowest BCUT2D eigenvalue weighted by Gasteiger charge is -2.36. The van der Waals surface area contributed by atoms with E-state index in [0.29, 0.717) is 30.8 Å². The molecule has 0 saturated carbocycles. The maximum Gasteiger partial charge on any atom is 0.308 e. The number of benzene rings is 1. The van der Waals surface area contributed by atoms with Crippen molar-refractivity contribution in [1.29, 1.82) is 0 Å². The van der Waals surface area contributed by atoms with Crippen LogP contribution in [0.15, 0.2) is 24.3 Å². The van der Waals surface area contributed by atoms with Crippen LogP contribution in [-0.2, 0) is 21.2 Å². The van der Waals surface area contributed by atoms with Gasteiger partial charge >= 0.3 is 5.97 Å². The van der Waals surface area contributed by atoms with E-state index in [2.05, 4.69) is 0 Å². The topological polar surface area (TPSA) is 74.7 Å². The number of hydrogen-bond acceptors (Lipinski definition) is 3. The number of aryl methyl sites for hydroxylation is 1. The molecule has 0 bridgehead atoms. The number of rotatable bonds is 5. The molecule has 7 heteroatoms. The van der Waals surface area contributed by atoms with Crippen molar-refractivity contribution in [2.45, 2.75) is 32.2 Å². The number of carboxylic acid groups (broad SMARTS) is 1. The van der Waals surface area contributed by atoms with Gasteiger partial charge in [-0.05, 0) is 43.9 Å². The molecular weight excluding hydrogens is 326 g/mol. The largest absolute Gasteiger partial charge is 0.481 e. The Balaban J connectivity index is 2.07. The Hall–Kier alpha value is -1.11. The maximum atomic E-state index is 12.5. The highest BCUT2D eigenvalue weighted by Gasteiger charge is 2.38. The van der Waals surface area contributed by atoms with E-state index < -0.39 is 28.0 Å². The quantitative estimate of drug-likeness (QED) is 0.889. The third-order valence-electron chi connectivity index (χ3n) is 4.14. The van der Waals surface area contributed by atoms with Gasteiger partial charge in [0.15, 0.2) is 0 Å². The van der Waals surface area contributed by atoms with E-state index in [1.54, 1.807) is 25.1 Å². The van der Waals surface area contributed by atoms with E-state index in [1.165, 1.54) is 4.31 Å². The molecule has 1 aromatic carbocycles. The van der Waals surface area contributed by atoms with Gasteiger partial charge in [-0.3, -0.25) is 4.79 Å². The average molecular weight is 346 g/mol. The highest BCUT2D eigenvalue weighted by atomic mass is 35.5. The van der Waals surface area contributed by atoms with Crippen molar-refractivity contribution >= 4 is 27.6 Å². The van der Waals surface area contributed by atoms with Crippen LogP contribution in [0.5, 0.6) is 0 Å². The van der Waals surface area contributed by atoms with Gasteiger partial charge < -0.3 is 5.11 Å². The molecule has 1 heterocycles. The van der Waals surface area contributed by atoms with Crippen LogP contribution in [-0.4, -0.2) is 42.1 Å². The Labute approximate surface area is 135 Å². The number of sulfonamides is 1. The van der Waals surface area contributed by atoms with Crippen molar-refractivity contribution in [1.82, 2.24) is 4.31 Å². The Bertz CT molecular complexity index is 647. The van der Waals surface area contributed by atoms with Crippen LogP contribution >= 0.6 is 11.6 Å². The summed E-state index contributed by atoms with van der Waals surface area (Å²) in [4.78, 5) is 11.2. The molecular formula is C15H20ClNO4S. The van der Waals surface area contributed by atoms with Gasteiger partial charge in [-0.1, -0.05) is 23.7 Å². The molecule has 1 aliphatic heterocycles. The third-order valence-corrected chi connectivity index (χ3v) is 6.33. The monoisotopic (exact) mass is 345 g/mol. The van der Waals surface area contributed by atoms with Gasteiger partial charge in [0, 0.05) is 17.6 Å². The summed E-state index contributed by atoms with van der Waals surface area (Å²) in [6.45, 7) is 2.07. The molecule has 0 aromatic heterocycles. The fraction of sp³-hybridized carbons (Fsp3) is 0.533. The predicted molar refractivity (Wildman–Crippen MR) is 85.5 cm³/mol. The Morgan fingerprint density at radius 3 is 2.82 bits per heavy atom. The molecule has 0 aliphatic carbocycles.